The second-order valence-corrected chi connectivity index (χ2v) is 6.01. The molecule has 122 valence electrons. The largest absolute Gasteiger partial charge is 0.497 e. The van der Waals surface area contributed by atoms with E-state index < -0.39 is 0 Å². The van der Waals surface area contributed by atoms with Gasteiger partial charge in [0.25, 0.3) is 5.91 Å². The van der Waals surface area contributed by atoms with Gasteiger partial charge in [-0.25, -0.2) is 0 Å². The third kappa shape index (κ3) is 3.18. The minimum atomic E-state index is 0.108. The molecule has 2 aromatic rings. The summed E-state index contributed by atoms with van der Waals surface area (Å²) in [5, 5.41) is 0. The van der Waals surface area contributed by atoms with Crippen LogP contribution in [0.15, 0.2) is 36.5 Å². The summed E-state index contributed by atoms with van der Waals surface area (Å²) in [4.78, 5) is 14.3. The Kier molecular flexibility index (Phi) is 4.28. The molecule has 0 N–H and O–H groups in total. The van der Waals surface area contributed by atoms with Gasteiger partial charge >= 0.3 is 0 Å². The average molecular weight is 314 g/mol. The summed E-state index contributed by atoms with van der Waals surface area (Å²) in [6, 6.07) is 9.69. The first-order valence-electron chi connectivity index (χ1n) is 7.73. The molecule has 1 aromatic heterocycles. The molecule has 1 amide bonds. The Bertz CT molecular complexity index is 680. The highest BCUT2D eigenvalue weighted by Gasteiger charge is 2.32. The van der Waals surface area contributed by atoms with E-state index in [1.807, 2.05) is 53.0 Å². The molecule has 1 aliphatic heterocycles. The lowest BCUT2D eigenvalue weighted by Crippen LogP contribution is -2.51. The third-order valence-electron chi connectivity index (χ3n) is 4.34. The van der Waals surface area contributed by atoms with Crippen LogP contribution in [0, 0.1) is 5.92 Å². The van der Waals surface area contributed by atoms with Gasteiger partial charge < -0.3 is 18.9 Å². The van der Waals surface area contributed by atoms with Crippen molar-refractivity contribution in [3.63, 3.8) is 0 Å². The number of nitrogens with zero attached hydrogens (tertiary/aromatic N) is 2. The highest BCUT2D eigenvalue weighted by atomic mass is 16.5. The van der Waals surface area contributed by atoms with Crippen LogP contribution < -0.4 is 9.47 Å². The van der Waals surface area contributed by atoms with Gasteiger partial charge in [0.1, 0.15) is 17.2 Å². The number of ether oxygens (including phenoxy) is 2. The quantitative estimate of drug-likeness (QED) is 0.851. The van der Waals surface area contributed by atoms with E-state index in [9.17, 15) is 4.79 Å². The molecule has 1 fully saturated rings. The van der Waals surface area contributed by atoms with Gasteiger partial charge in [-0.3, -0.25) is 4.79 Å². The Balaban J connectivity index is 1.60. The monoisotopic (exact) mass is 314 g/mol. The van der Waals surface area contributed by atoms with Gasteiger partial charge in [0.15, 0.2) is 0 Å². The number of benzene rings is 1. The number of carbonyl (C=O) groups excluding carboxylic acids is 1. The van der Waals surface area contributed by atoms with Crippen LogP contribution >= 0.6 is 0 Å². The van der Waals surface area contributed by atoms with Crippen molar-refractivity contribution in [2.75, 3.05) is 27.3 Å². The van der Waals surface area contributed by atoms with Crippen molar-refractivity contribution in [1.82, 2.24) is 9.47 Å². The maximum atomic E-state index is 12.4. The fraction of sp³-hybridized carbons (Fsp3) is 0.389. The summed E-state index contributed by atoms with van der Waals surface area (Å²) in [7, 11) is 5.21. The summed E-state index contributed by atoms with van der Waals surface area (Å²) < 4.78 is 12.5. The van der Waals surface area contributed by atoms with Gasteiger partial charge in [-0.2, -0.15) is 0 Å². The van der Waals surface area contributed by atoms with Gasteiger partial charge in [0, 0.05) is 32.4 Å². The average Bonchev–Trinajstić information content (AvgIpc) is 2.95. The molecule has 1 aliphatic rings. The Morgan fingerprint density at radius 3 is 2.35 bits per heavy atom. The molecular weight excluding hydrogens is 292 g/mol. The summed E-state index contributed by atoms with van der Waals surface area (Å²) in [6.45, 7) is 1.59. The van der Waals surface area contributed by atoms with Gasteiger partial charge in [-0.05, 0) is 42.2 Å². The van der Waals surface area contributed by atoms with Gasteiger partial charge in [0.05, 0.1) is 14.2 Å². The number of hydrogen-bond donors (Lipinski definition) is 0. The van der Waals surface area contributed by atoms with Crippen molar-refractivity contribution in [2.24, 2.45) is 13.0 Å². The van der Waals surface area contributed by atoms with Gasteiger partial charge in [0.2, 0.25) is 0 Å². The summed E-state index contributed by atoms with van der Waals surface area (Å²) in [5.74, 6) is 2.19. The zero-order valence-corrected chi connectivity index (χ0v) is 13.8. The van der Waals surface area contributed by atoms with Crippen molar-refractivity contribution in [3.05, 3.63) is 47.8 Å². The molecule has 1 saturated heterocycles. The molecule has 0 radical (unpaired) electrons. The molecule has 0 atom stereocenters. The molecule has 2 heterocycles. The van der Waals surface area contributed by atoms with Crippen LogP contribution in [0.25, 0.3) is 0 Å². The Hall–Kier alpha value is -2.43. The van der Waals surface area contributed by atoms with E-state index in [0.717, 1.165) is 36.7 Å². The van der Waals surface area contributed by atoms with Crippen LogP contribution in [0.4, 0.5) is 0 Å². The molecule has 23 heavy (non-hydrogen) atoms. The maximum absolute atomic E-state index is 12.4. The van der Waals surface area contributed by atoms with E-state index in [-0.39, 0.29) is 5.91 Å². The SMILES string of the molecule is COc1cc(CC2CN(C(=O)c3cccn3C)C2)cc(OC)c1. The molecule has 5 nitrogen and oxygen atoms in total. The highest BCUT2D eigenvalue weighted by molar-refractivity contribution is 5.93. The lowest BCUT2D eigenvalue weighted by molar-refractivity contribution is 0.0491. The van der Waals surface area contributed by atoms with E-state index in [2.05, 4.69) is 0 Å². The van der Waals surface area contributed by atoms with Crippen molar-refractivity contribution in [2.45, 2.75) is 6.42 Å². The number of aryl methyl sites for hydroxylation is 1. The van der Waals surface area contributed by atoms with Crippen molar-refractivity contribution >= 4 is 5.91 Å². The predicted octanol–water partition coefficient (Wildman–Crippen LogP) is 2.36. The predicted molar refractivity (Wildman–Crippen MR) is 88.1 cm³/mol. The van der Waals surface area contributed by atoms with Crippen LogP contribution in [-0.4, -0.2) is 42.7 Å². The molecule has 0 unspecified atom stereocenters. The molecule has 1 aromatic carbocycles. The minimum absolute atomic E-state index is 0.108. The second kappa shape index (κ2) is 6.36. The first-order valence-corrected chi connectivity index (χ1v) is 7.73. The number of rotatable bonds is 5. The standard InChI is InChI=1S/C18H22N2O3/c1-19-6-4-5-17(19)18(21)20-11-14(12-20)7-13-8-15(22-2)10-16(9-13)23-3/h4-6,8-10,14H,7,11-12H2,1-3H3. The molecule has 3 rings (SSSR count). The molecule has 0 bridgehead atoms. The first-order chi connectivity index (χ1) is 11.1. The summed E-state index contributed by atoms with van der Waals surface area (Å²) >= 11 is 0. The molecule has 0 spiro atoms. The lowest BCUT2D eigenvalue weighted by Gasteiger charge is -2.39. The molecule has 5 heteroatoms. The number of amides is 1. The lowest BCUT2D eigenvalue weighted by atomic mass is 9.91. The fourth-order valence-corrected chi connectivity index (χ4v) is 3.03. The van der Waals surface area contributed by atoms with Crippen LogP contribution in [0.5, 0.6) is 11.5 Å². The maximum Gasteiger partial charge on any atom is 0.270 e. The zero-order chi connectivity index (χ0) is 16.4. The highest BCUT2D eigenvalue weighted by Crippen LogP contribution is 2.27. The van der Waals surface area contributed by atoms with Crippen molar-refractivity contribution in [3.8, 4) is 11.5 Å². The second-order valence-electron chi connectivity index (χ2n) is 6.01. The third-order valence-corrected chi connectivity index (χ3v) is 4.34. The van der Waals surface area contributed by atoms with Crippen molar-refractivity contribution in [1.29, 1.82) is 0 Å². The van der Waals surface area contributed by atoms with Crippen LogP contribution in [-0.2, 0) is 13.5 Å². The van der Waals surface area contributed by atoms with E-state index in [1.165, 1.54) is 5.56 Å². The number of aromatic nitrogens is 1. The minimum Gasteiger partial charge on any atom is -0.497 e. The van der Waals surface area contributed by atoms with E-state index >= 15 is 0 Å². The number of carbonyl (C=O) groups is 1. The van der Waals surface area contributed by atoms with E-state index in [4.69, 9.17) is 9.47 Å². The van der Waals surface area contributed by atoms with E-state index in [0.29, 0.717) is 5.92 Å². The first kappa shape index (κ1) is 15.5. The number of methoxy groups -OCH3 is 2. The molecule has 0 saturated carbocycles. The number of likely N-dealkylation sites (tertiary alicyclic amines) is 1. The topological polar surface area (TPSA) is 43.7 Å². The Morgan fingerprint density at radius 2 is 1.83 bits per heavy atom. The van der Waals surface area contributed by atoms with Gasteiger partial charge in [-0.15, -0.1) is 0 Å². The molecule has 0 aliphatic carbocycles. The van der Waals surface area contributed by atoms with Crippen LogP contribution in [0.1, 0.15) is 16.1 Å². The fourth-order valence-electron chi connectivity index (χ4n) is 3.03. The smallest absolute Gasteiger partial charge is 0.270 e. The number of hydrogen-bond acceptors (Lipinski definition) is 3. The zero-order valence-electron chi connectivity index (χ0n) is 13.8. The normalized spacial score (nSPS) is 14.5. The molecular formula is C18H22N2O3. The Morgan fingerprint density at radius 1 is 1.17 bits per heavy atom. The van der Waals surface area contributed by atoms with E-state index in [1.54, 1.807) is 14.2 Å². The van der Waals surface area contributed by atoms with Crippen LogP contribution in [0.2, 0.25) is 0 Å². The van der Waals surface area contributed by atoms with Crippen LogP contribution in [0.3, 0.4) is 0 Å². The Labute approximate surface area is 136 Å². The van der Waals surface area contributed by atoms with Gasteiger partial charge in [-0.1, -0.05) is 0 Å². The summed E-state index contributed by atoms with van der Waals surface area (Å²) in [6.07, 6.45) is 2.82. The van der Waals surface area contributed by atoms with Crippen molar-refractivity contribution < 1.29 is 14.3 Å². The summed E-state index contributed by atoms with van der Waals surface area (Å²) in [5.41, 5.74) is 1.92.